The SMILES string of the molecule is Cc1cc(I)cc2c1N(C(C)C)C(=O)CC2(C)C. The monoisotopic (exact) mass is 357 g/mol. The van der Waals surface area contributed by atoms with Crippen molar-refractivity contribution in [3.05, 3.63) is 26.8 Å². The molecule has 1 aromatic carbocycles. The van der Waals surface area contributed by atoms with E-state index >= 15 is 0 Å². The summed E-state index contributed by atoms with van der Waals surface area (Å²) in [5.74, 6) is 0.242. The van der Waals surface area contributed by atoms with Gasteiger partial charge in [0, 0.05) is 21.4 Å². The van der Waals surface area contributed by atoms with Gasteiger partial charge in [-0.2, -0.15) is 0 Å². The standard InChI is InChI=1S/C15H20INO/c1-9(2)17-13(18)8-15(4,5)12-7-11(16)6-10(3)14(12)17/h6-7,9H,8H2,1-5H3. The van der Waals surface area contributed by atoms with E-state index in [2.05, 4.69) is 69.3 Å². The molecule has 1 aliphatic rings. The number of nitrogens with zero attached hydrogens (tertiary/aromatic N) is 1. The summed E-state index contributed by atoms with van der Waals surface area (Å²) in [6.07, 6.45) is 0.595. The van der Waals surface area contributed by atoms with Gasteiger partial charge >= 0.3 is 0 Å². The van der Waals surface area contributed by atoms with E-state index in [1.165, 1.54) is 14.7 Å². The van der Waals surface area contributed by atoms with Crippen molar-refractivity contribution >= 4 is 34.2 Å². The van der Waals surface area contributed by atoms with Gasteiger partial charge in [0.1, 0.15) is 0 Å². The number of amides is 1. The van der Waals surface area contributed by atoms with Crippen LogP contribution in [0.25, 0.3) is 0 Å². The fraction of sp³-hybridized carbons (Fsp3) is 0.533. The molecule has 18 heavy (non-hydrogen) atoms. The van der Waals surface area contributed by atoms with Gasteiger partial charge in [-0.15, -0.1) is 0 Å². The summed E-state index contributed by atoms with van der Waals surface area (Å²) in [6, 6.07) is 4.60. The lowest BCUT2D eigenvalue weighted by Crippen LogP contribution is -2.46. The van der Waals surface area contributed by atoms with Crippen LogP contribution in [0.4, 0.5) is 5.69 Å². The molecule has 1 amide bonds. The Morgan fingerprint density at radius 3 is 2.50 bits per heavy atom. The van der Waals surface area contributed by atoms with E-state index in [4.69, 9.17) is 0 Å². The van der Waals surface area contributed by atoms with Gasteiger partial charge in [-0.05, 0) is 66.6 Å². The van der Waals surface area contributed by atoms with Crippen molar-refractivity contribution in [1.82, 2.24) is 0 Å². The number of rotatable bonds is 1. The Balaban J connectivity index is 2.73. The first kappa shape index (κ1) is 13.8. The summed E-state index contributed by atoms with van der Waals surface area (Å²) in [5, 5.41) is 0. The van der Waals surface area contributed by atoms with Crippen LogP contribution in [0.3, 0.4) is 0 Å². The first-order valence-electron chi connectivity index (χ1n) is 6.37. The van der Waals surface area contributed by atoms with Gasteiger partial charge < -0.3 is 4.90 Å². The zero-order chi connectivity index (χ0) is 13.7. The lowest BCUT2D eigenvalue weighted by atomic mass is 9.76. The predicted octanol–water partition coefficient (Wildman–Crippen LogP) is 4.02. The van der Waals surface area contributed by atoms with Crippen molar-refractivity contribution in [2.45, 2.75) is 52.5 Å². The minimum absolute atomic E-state index is 0.0657. The molecule has 0 bridgehead atoms. The van der Waals surface area contributed by atoms with E-state index in [9.17, 15) is 4.79 Å². The van der Waals surface area contributed by atoms with Gasteiger partial charge in [0.2, 0.25) is 5.91 Å². The molecule has 0 spiro atoms. The summed E-state index contributed by atoms with van der Waals surface area (Å²) in [4.78, 5) is 14.3. The van der Waals surface area contributed by atoms with Crippen LogP contribution in [0.1, 0.15) is 45.2 Å². The molecule has 0 saturated heterocycles. The molecular weight excluding hydrogens is 337 g/mol. The number of hydrogen-bond donors (Lipinski definition) is 0. The van der Waals surface area contributed by atoms with Gasteiger partial charge in [-0.1, -0.05) is 13.8 Å². The number of carbonyl (C=O) groups is 1. The maximum Gasteiger partial charge on any atom is 0.228 e. The lowest BCUT2D eigenvalue weighted by molar-refractivity contribution is -0.120. The number of anilines is 1. The molecule has 3 heteroatoms. The second kappa shape index (κ2) is 4.51. The van der Waals surface area contributed by atoms with Crippen LogP contribution in [0.2, 0.25) is 0 Å². The third-order valence-corrected chi connectivity index (χ3v) is 4.24. The molecule has 0 radical (unpaired) electrons. The number of hydrogen-bond acceptors (Lipinski definition) is 1. The van der Waals surface area contributed by atoms with E-state index in [1.54, 1.807) is 0 Å². The molecule has 1 aromatic rings. The predicted molar refractivity (Wildman–Crippen MR) is 84.2 cm³/mol. The largest absolute Gasteiger partial charge is 0.309 e. The topological polar surface area (TPSA) is 20.3 Å². The fourth-order valence-corrected chi connectivity index (χ4v) is 3.58. The zero-order valence-corrected chi connectivity index (χ0v) is 13.8. The highest BCUT2D eigenvalue weighted by molar-refractivity contribution is 14.1. The van der Waals surface area contributed by atoms with Crippen molar-refractivity contribution in [2.24, 2.45) is 0 Å². The lowest BCUT2D eigenvalue weighted by Gasteiger charge is -2.41. The minimum Gasteiger partial charge on any atom is -0.309 e. The first-order valence-corrected chi connectivity index (χ1v) is 7.44. The van der Waals surface area contributed by atoms with Crippen LogP contribution in [0.15, 0.2) is 12.1 Å². The van der Waals surface area contributed by atoms with Crippen molar-refractivity contribution in [2.75, 3.05) is 4.90 Å². The molecular formula is C15H20INO. The summed E-state index contributed by atoms with van der Waals surface area (Å²) < 4.78 is 1.25. The van der Waals surface area contributed by atoms with Crippen LogP contribution in [0, 0.1) is 10.5 Å². The maximum atomic E-state index is 12.4. The summed E-state index contributed by atoms with van der Waals surface area (Å²) in [5.41, 5.74) is 3.57. The van der Waals surface area contributed by atoms with Crippen molar-refractivity contribution in [1.29, 1.82) is 0 Å². The highest BCUT2D eigenvalue weighted by Gasteiger charge is 2.38. The van der Waals surface area contributed by atoms with Gasteiger partial charge in [0.15, 0.2) is 0 Å². The van der Waals surface area contributed by atoms with Crippen molar-refractivity contribution in [3.8, 4) is 0 Å². The van der Waals surface area contributed by atoms with Gasteiger partial charge in [0.25, 0.3) is 0 Å². The third-order valence-electron chi connectivity index (χ3n) is 3.61. The molecule has 0 aromatic heterocycles. The van der Waals surface area contributed by atoms with Gasteiger partial charge in [0.05, 0.1) is 5.69 Å². The molecule has 1 heterocycles. The molecule has 0 N–H and O–H groups in total. The van der Waals surface area contributed by atoms with E-state index in [0.717, 1.165) is 5.69 Å². The Kier molecular flexibility index (Phi) is 3.47. The Hall–Kier alpha value is -0.580. The third kappa shape index (κ3) is 2.17. The quantitative estimate of drug-likeness (QED) is 0.695. The minimum atomic E-state index is -0.0657. The number of halogens is 1. The number of carbonyl (C=O) groups excluding carboxylic acids is 1. The molecule has 0 saturated carbocycles. The average Bonchev–Trinajstić information content (AvgIpc) is 2.18. The zero-order valence-electron chi connectivity index (χ0n) is 11.7. The molecule has 0 aliphatic carbocycles. The normalized spacial score (nSPS) is 18.2. The smallest absolute Gasteiger partial charge is 0.228 e. The Labute approximate surface area is 123 Å². The van der Waals surface area contributed by atoms with Crippen LogP contribution < -0.4 is 4.90 Å². The van der Waals surface area contributed by atoms with Crippen LogP contribution in [-0.2, 0) is 10.2 Å². The molecule has 0 unspecified atom stereocenters. The van der Waals surface area contributed by atoms with E-state index < -0.39 is 0 Å². The van der Waals surface area contributed by atoms with E-state index in [1.807, 2.05) is 4.90 Å². The first-order chi connectivity index (χ1) is 8.24. The van der Waals surface area contributed by atoms with Gasteiger partial charge in [-0.25, -0.2) is 0 Å². The fourth-order valence-electron chi connectivity index (χ4n) is 2.80. The summed E-state index contributed by atoms with van der Waals surface area (Å²) in [7, 11) is 0. The highest BCUT2D eigenvalue weighted by Crippen LogP contribution is 2.43. The molecule has 0 atom stereocenters. The number of fused-ring (bicyclic) bond motifs is 1. The Morgan fingerprint density at radius 1 is 1.33 bits per heavy atom. The van der Waals surface area contributed by atoms with Crippen LogP contribution >= 0.6 is 22.6 Å². The second-order valence-electron chi connectivity index (χ2n) is 6.04. The Bertz CT molecular complexity index is 505. The Morgan fingerprint density at radius 2 is 1.94 bits per heavy atom. The van der Waals surface area contributed by atoms with Crippen LogP contribution in [-0.4, -0.2) is 11.9 Å². The molecule has 2 rings (SSSR count). The van der Waals surface area contributed by atoms with Crippen LogP contribution in [0.5, 0.6) is 0 Å². The van der Waals surface area contributed by atoms with Crippen molar-refractivity contribution in [3.63, 3.8) is 0 Å². The molecule has 0 fully saturated rings. The van der Waals surface area contributed by atoms with E-state index in [-0.39, 0.29) is 17.4 Å². The number of aryl methyl sites for hydroxylation is 1. The average molecular weight is 357 g/mol. The molecule has 2 nitrogen and oxygen atoms in total. The second-order valence-corrected chi connectivity index (χ2v) is 7.28. The number of benzene rings is 1. The molecule has 98 valence electrons. The van der Waals surface area contributed by atoms with Gasteiger partial charge in [-0.3, -0.25) is 4.79 Å². The highest BCUT2D eigenvalue weighted by atomic mass is 127. The van der Waals surface area contributed by atoms with Crippen molar-refractivity contribution < 1.29 is 4.79 Å². The summed E-state index contributed by atoms with van der Waals surface area (Å²) in [6.45, 7) is 10.6. The van der Waals surface area contributed by atoms with E-state index in [0.29, 0.717) is 6.42 Å². The molecule has 1 aliphatic heterocycles. The maximum absolute atomic E-state index is 12.4. The summed E-state index contributed by atoms with van der Waals surface area (Å²) >= 11 is 2.35.